The molecule has 0 spiro atoms. The Hall–Kier alpha value is -2.35. The Kier molecular flexibility index (Phi) is 5.77. The Morgan fingerprint density at radius 1 is 1.14 bits per heavy atom. The van der Waals surface area contributed by atoms with E-state index >= 15 is 0 Å². The number of hydrogen-bond donors (Lipinski definition) is 2. The van der Waals surface area contributed by atoms with Gasteiger partial charge in [-0.15, -0.1) is 0 Å². The fraction of sp³-hybridized carbons (Fsp3) is 0.235. The van der Waals surface area contributed by atoms with Gasteiger partial charge in [0.05, 0.1) is 12.6 Å². The van der Waals surface area contributed by atoms with E-state index in [0.29, 0.717) is 12.3 Å². The summed E-state index contributed by atoms with van der Waals surface area (Å²) in [5.41, 5.74) is 2.09. The molecular formula is C17H18N2O2. The zero-order chi connectivity index (χ0) is 14.9. The van der Waals surface area contributed by atoms with E-state index in [1.807, 2.05) is 60.7 Å². The Balaban J connectivity index is 1.97. The highest BCUT2D eigenvalue weighted by atomic mass is 16.5. The number of aliphatic hydroxyl groups excluding tert-OH is 1. The van der Waals surface area contributed by atoms with E-state index in [1.54, 1.807) is 0 Å². The molecule has 0 heterocycles. The van der Waals surface area contributed by atoms with Crippen LogP contribution in [0.5, 0.6) is 5.75 Å². The molecule has 21 heavy (non-hydrogen) atoms. The summed E-state index contributed by atoms with van der Waals surface area (Å²) in [6.07, 6.45) is 0. The van der Waals surface area contributed by atoms with E-state index in [4.69, 9.17) is 10.00 Å². The lowest BCUT2D eigenvalue weighted by Gasteiger charge is -2.17. The minimum atomic E-state index is -0.102. The highest BCUT2D eigenvalue weighted by Crippen LogP contribution is 2.16. The molecule has 4 heteroatoms. The predicted octanol–water partition coefficient (Wildman–Crippen LogP) is 2.41. The Labute approximate surface area is 124 Å². The summed E-state index contributed by atoms with van der Waals surface area (Å²) in [7, 11) is 0. The molecule has 2 aromatic carbocycles. The normalized spacial score (nSPS) is 11.6. The summed E-state index contributed by atoms with van der Waals surface area (Å²) in [6.45, 7) is 0.693. The van der Waals surface area contributed by atoms with Gasteiger partial charge in [0.1, 0.15) is 11.8 Å². The quantitative estimate of drug-likeness (QED) is 0.818. The highest BCUT2D eigenvalue weighted by Gasteiger charge is 2.09. The minimum absolute atomic E-state index is 0.0363. The molecule has 2 N–H and O–H groups in total. The fourth-order valence-electron chi connectivity index (χ4n) is 2.08. The first-order chi connectivity index (χ1) is 10.3. The van der Waals surface area contributed by atoms with Crippen molar-refractivity contribution in [2.45, 2.75) is 12.6 Å². The predicted molar refractivity (Wildman–Crippen MR) is 80.7 cm³/mol. The van der Waals surface area contributed by atoms with Gasteiger partial charge in [0.15, 0.2) is 6.61 Å². The van der Waals surface area contributed by atoms with E-state index < -0.39 is 0 Å². The molecule has 1 atom stereocenters. The molecule has 0 radical (unpaired) electrons. The third-order valence-electron chi connectivity index (χ3n) is 3.14. The highest BCUT2D eigenvalue weighted by molar-refractivity contribution is 5.29. The molecule has 2 aromatic rings. The van der Waals surface area contributed by atoms with Crippen molar-refractivity contribution in [2.75, 3.05) is 13.2 Å². The number of nitrogens with one attached hydrogen (secondary N) is 1. The molecule has 0 aliphatic heterocycles. The van der Waals surface area contributed by atoms with Crippen LogP contribution < -0.4 is 10.1 Å². The van der Waals surface area contributed by atoms with Crippen LogP contribution in [0.4, 0.5) is 0 Å². The van der Waals surface area contributed by atoms with E-state index in [0.717, 1.165) is 11.1 Å². The second-order valence-electron chi connectivity index (χ2n) is 4.62. The molecule has 0 aliphatic rings. The molecule has 4 nitrogen and oxygen atoms in total. The number of nitrogens with zero attached hydrogens (tertiary/aromatic N) is 1. The molecule has 0 saturated carbocycles. The van der Waals surface area contributed by atoms with Crippen LogP contribution in [-0.2, 0) is 6.54 Å². The summed E-state index contributed by atoms with van der Waals surface area (Å²) in [5.74, 6) is 0.677. The first kappa shape index (κ1) is 15.0. The van der Waals surface area contributed by atoms with Gasteiger partial charge in [-0.25, -0.2) is 0 Å². The van der Waals surface area contributed by atoms with Gasteiger partial charge >= 0.3 is 0 Å². The number of hydrogen-bond acceptors (Lipinski definition) is 4. The lowest BCUT2D eigenvalue weighted by Crippen LogP contribution is -2.23. The average molecular weight is 282 g/mol. The smallest absolute Gasteiger partial charge is 0.174 e. The van der Waals surface area contributed by atoms with Crippen LogP contribution in [0.25, 0.3) is 0 Å². The van der Waals surface area contributed by atoms with E-state index in [1.165, 1.54) is 0 Å². The van der Waals surface area contributed by atoms with Gasteiger partial charge in [0.25, 0.3) is 0 Å². The van der Waals surface area contributed by atoms with E-state index in [-0.39, 0.29) is 19.3 Å². The van der Waals surface area contributed by atoms with Gasteiger partial charge in [-0.2, -0.15) is 5.26 Å². The molecular weight excluding hydrogens is 264 g/mol. The summed E-state index contributed by atoms with van der Waals surface area (Å²) >= 11 is 0. The van der Waals surface area contributed by atoms with Crippen LogP contribution >= 0.6 is 0 Å². The lowest BCUT2D eigenvalue weighted by atomic mass is 10.1. The zero-order valence-electron chi connectivity index (χ0n) is 11.7. The van der Waals surface area contributed by atoms with Gasteiger partial charge < -0.3 is 15.2 Å². The van der Waals surface area contributed by atoms with Crippen LogP contribution in [-0.4, -0.2) is 18.3 Å². The molecule has 2 rings (SSSR count). The third kappa shape index (κ3) is 4.60. The maximum atomic E-state index is 9.50. The summed E-state index contributed by atoms with van der Waals surface area (Å²) < 4.78 is 5.28. The van der Waals surface area contributed by atoms with Crippen molar-refractivity contribution < 1.29 is 9.84 Å². The largest absolute Gasteiger partial charge is 0.479 e. The molecule has 0 saturated heterocycles. The first-order valence-corrected chi connectivity index (χ1v) is 6.81. The second kappa shape index (κ2) is 8.05. The molecule has 0 unspecified atom stereocenters. The average Bonchev–Trinajstić information content (AvgIpc) is 2.55. The second-order valence-corrected chi connectivity index (χ2v) is 4.62. The lowest BCUT2D eigenvalue weighted by molar-refractivity contribution is 0.243. The third-order valence-corrected chi connectivity index (χ3v) is 3.14. The SMILES string of the molecule is N#CCOc1cccc(CN[C@@H](CO)c2ccccc2)c1. The van der Waals surface area contributed by atoms with Gasteiger partial charge in [-0.05, 0) is 23.3 Å². The summed E-state index contributed by atoms with van der Waals surface area (Å²) in [4.78, 5) is 0. The van der Waals surface area contributed by atoms with Crippen LogP contribution in [0.1, 0.15) is 17.2 Å². The van der Waals surface area contributed by atoms with Gasteiger partial charge in [0, 0.05) is 6.54 Å². The van der Waals surface area contributed by atoms with Crippen molar-refractivity contribution in [3.63, 3.8) is 0 Å². The minimum Gasteiger partial charge on any atom is -0.479 e. The number of aliphatic hydroxyl groups is 1. The number of ether oxygens (including phenoxy) is 1. The van der Waals surface area contributed by atoms with Crippen LogP contribution in [0.15, 0.2) is 54.6 Å². The molecule has 0 aromatic heterocycles. The van der Waals surface area contributed by atoms with Crippen molar-refractivity contribution >= 4 is 0 Å². The van der Waals surface area contributed by atoms with E-state index in [2.05, 4.69) is 5.32 Å². The zero-order valence-corrected chi connectivity index (χ0v) is 11.7. The Bertz CT molecular complexity index is 593. The van der Waals surface area contributed by atoms with Crippen molar-refractivity contribution in [3.05, 3.63) is 65.7 Å². The maximum Gasteiger partial charge on any atom is 0.174 e. The van der Waals surface area contributed by atoms with Crippen molar-refractivity contribution in [2.24, 2.45) is 0 Å². The Morgan fingerprint density at radius 3 is 2.67 bits per heavy atom. The molecule has 108 valence electrons. The van der Waals surface area contributed by atoms with Gasteiger partial charge in [-0.1, -0.05) is 42.5 Å². The van der Waals surface area contributed by atoms with Gasteiger partial charge in [0.2, 0.25) is 0 Å². The number of benzene rings is 2. The van der Waals surface area contributed by atoms with Crippen molar-refractivity contribution in [1.82, 2.24) is 5.32 Å². The van der Waals surface area contributed by atoms with Crippen LogP contribution in [0.3, 0.4) is 0 Å². The molecule has 0 bridgehead atoms. The fourth-order valence-corrected chi connectivity index (χ4v) is 2.08. The van der Waals surface area contributed by atoms with Crippen LogP contribution in [0.2, 0.25) is 0 Å². The maximum absolute atomic E-state index is 9.50. The van der Waals surface area contributed by atoms with E-state index in [9.17, 15) is 5.11 Å². The number of nitriles is 1. The first-order valence-electron chi connectivity index (χ1n) is 6.81. The monoisotopic (exact) mass is 282 g/mol. The standard InChI is InChI=1S/C17H18N2O2/c18-9-10-21-16-8-4-5-14(11-16)12-19-17(13-20)15-6-2-1-3-7-15/h1-8,11,17,19-20H,10,12-13H2/t17-/m0/s1. The molecule has 0 amide bonds. The molecule has 0 fully saturated rings. The topological polar surface area (TPSA) is 65.3 Å². The van der Waals surface area contributed by atoms with Crippen LogP contribution in [0, 0.1) is 11.3 Å². The Morgan fingerprint density at radius 2 is 1.95 bits per heavy atom. The summed E-state index contributed by atoms with van der Waals surface area (Å²) in [6, 6.07) is 19.3. The number of rotatable bonds is 7. The molecule has 0 aliphatic carbocycles. The van der Waals surface area contributed by atoms with Crippen molar-refractivity contribution in [1.29, 1.82) is 5.26 Å². The van der Waals surface area contributed by atoms with Gasteiger partial charge in [-0.3, -0.25) is 0 Å². The summed E-state index contributed by atoms with van der Waals surface area (Å²) in [5, 5.41) is 21.3. The van der Waals surface area contributed by atoms with Crippen molar-refractivity contribution in [3.8, 4) is 11.8 Å².